The maximum absolute atomic E-state index is 14.1. The monoisotopic (exact) mass is 409 g/mol. The second-order valence-electron chi connectivity index (χ2n) is 6.62. The smallest absolute Gasteiger partial charge is 0.335 e. The van der Waals surface area contributed by atoms with Crippen LogP contribution in [0, 0.1) is 15.9 Å². The molecule has 0 amide bonds. The fraction of sp³-hybridized carbons (Fsp3) is 0.389. The number of rotatable bonds is 6. The van der Waals surface area contributed by atoms with Gasteiger partial charge in [-0.15, -0.1) is 0 Å². The minimum Gasteiger partial charge on any atom is -0.497 e. The van der Waals surface area contributed by atoms with Crippen LogP contribution in [0.25, 0.3) is 0 Å². The van der Waals surface area contributed by atoms with Crippen LogP contribution in [0.1, 0.15) is 18.4 Å². The van der Waals surface area contributed by atoms with Gasteiger partial charge in [-0.25, -0.2) is 9.37 Å². The van der Waals surface area contributed by atoms with Crippen LogP contribution < -0.4 is 15.8 Å². The minimum absolute atomic E-state index is 0.00466. The first-order valence-corrected chi connectivity index (χ1v) is 9.16. The van der Waals surface area contributed by atoms with Gasteiger partial charge in [-0.05, 0) is 18.9 Å². The van der Waals surface area contributed by atoms with Crippen molar-refractivity contribution >= 4 is 28.8 Å². The zero-order valence-electron chi connectivity index (χ0n) is 15.3. The van der Waals surface area contributed by atoms with Gasteiger partial charge in [0.2, 0.25) is 5.82 Å². The number of anilines is 2. The van der Waals surface area contributed by atoms with Crippen molar-refractivity contribution in [2.45, 2.75) is 25.4 Å². The summed E-state index contributed by atoms with van der Waals surface area (Å²) < 4.78 is 19.2. The molecular formula is C18H21ClFN5O3. The van der Waals surface area contributed by atoms with E-state index < -0.39 is 4.92 Å². The SMILES string of the molecule is COc1ccc(CN2CCC(Nc3c(Cl)cnc(N)c3[N+](=O)[O-])CC2)c(F)c1. The Labute approximate surface area is 166 Å². The number of hydrogen-bond donors (Lipinski definition) is 2. The number of piperidine rings is 1. The van der Waals surface area contributed by atoms with E-state index in [1.165, 1.54) is 19.4 Å². The third-order valence-electron chi connectivity index (χ3n) is 4.81. The van der Waals surface area contributed by atoms with E-state index in [0.717, 1.165) is 25.9 Å². The molecule has 150 valence electrons. The van der Waals surface area contributed by atoms with Crippen molar-refractivity contribution in [1.29, 1.82) is 0 Å². The quantitative estimate of drug-likeness (QED) is 0.555. The van der Waals surface area contributed by atoms with Gasteiger partial charge in [0.15, 0.2) is 0 Å². The summed E-state index contributed by atoms with van der Waals surface area (Å²) in [5.41, 5.74) is 6.12. The van der Waals surface area contributed by atoms with Gasteiger partial charge in [0.05, 0.1) is 23.3 Å². The molecule has 1 aliphatic heterocycles. The number of benzene rings is 1. The molecule has 1 aromatic heterocycles. The Balaban J connectivity index is 1.62. The van der Waals surface area contributed by atoms with Crippen LogP contribution >= 0.6 is 11.6 Å². The molecule has 0 bridgehead atoms. The molecule has 1 aliphatic rings. The van der Waals surface area contributed by atoms with Crippen LogP contribution in [-0.2, 0) is 6.54 Å². The lowest BCUT2D eigenvalue weighted by Crippen LogP contribution is -2.39. The first kappa shape index (κ1) is 20.1. The summed E-state index contributed by atoms with van der Waals surface area (Å²) >= 11 is 6.10. The molecule has 1 fully saturated rings. The van der Waals surface area contributed by atoms with Crippen molar-refractivity contribution < 1.29 is 14.1 Å². The van der Waals surface area contributed by atoms with Crippen LogP contribution in [0.5, 0.6) is 5.75 Å². The van der Waals surface area contributed by atoms with Gasteiger partial charge in [0.1, 0.15) is 17.3 Å². The van der Waals surface area contributed by atoms with E-state index in [1.54, 1.807) is 12.1 Å². The molecule has 0 atom stereocenters. The van der Waals surface area contributed by atoms with E-state index in [-0.39, 0.29) is 34.1 Å². The minimum atomic E-state index is -0.585. The molecule has 0 saturated carbocycles. The van der Waals surface area contributed by atoms with Crippen molar-refractivity contribution in [3.05, 3.63) is 50.9 Å². The number of ether oxygens (including phenoxy) is 1. The summed E-state index contributed by atoms with van der Waals surface area (Å²) in [7, 11) is 1.50. The second-order valence-corrected chi connectivity index (χ2v) is 7.03. The number of nitrogens with two attached hydrogens (primary N) is 1. The van der Waals surface area contributed by atoms with E-state index in [2.05, 4.69) is 15.2 Å². The van der Waals surface area contributed by atoms with E-state index in [1.807, 2.05) is 0 Å². The van der Waals surface area contributed by atoms with Crippen LogP contribution in [0.15, 0.2) is 24.4 Å². The maximum Gasteiger partial charge on any atom is 0.335 e. The Kier molecular flexibility index (Phi) is 6.15. The summed E-state index contributed by atoms with van der Waals surface area (Å²) in [5.74, 6) is 0.0119. The lowest BCUT2D eigenvalue weighted by atomic mass is 10.0. The van der Waals surface area contributed by atoms with Crippen LogP contribution in [-0.4, -0.2) is 41.0 Å². The van der Waals surface area contributed by atoms with Gasteiger partial charge in [0.25, 0.3) is 0 Å². The fourth-order valence-corrected chi connectivity index (χ4v) is 3.47. The van der Waals surface area contributed by atoms with Crippen molar-refractivity contribution in [3.8, 4) is 5.75 Å². The van der Waals surface area contributed by atoms with Gasteiger partial charge in [-0.1, -0.05) is 17.7 Å². The summed E-state index contributed by atoms with van der Waals surface area (Å²) in [6, 6.07) is 4.83. The summed E-state index contributed by atoms with van der Waals surface area (Å²) in [6.45, 7) is 1.93. The van der Waals surface area contributed by atoms with Gasteiger partial charge in [0, 0.05) is 37.3 Å². The number of methoxy groups -OCH3 is 1. The Hall–Kier alpha value is -2.65. The normalized spacial score (nSPS) is 15.4. The lowest BCUT2D eigenvalue weighted by molar-refractivity contribution is -0.383. The van der Waals surface area contributed by atoms with Crippen molar-refractivity contribution in [2.75, 3.05) is 31.2 Å². The first-order valence-electron chi connectivity index (χ1n) is 8.78. The Morgan fingerprint density at radius 2 is 2.18 bits per heavy atom. The average Bonchev–Trinajstić information content (AvgIpc) is 2.67. The standard InChI is InChI=1S/C18H21ClFN5O3/c1-28-13-3-2-11(15(20)8-13)10-24-6-4-12(5-7-24)23-16-14(19)9-22-18(21)17(16)25(26)27/h2-3,8-9,12H,4-7,10H2,1H3,(H3,21,22,23). The third-order valence-corrected chi connectivity index (χ3v) is 5.09. The van der Waals surface area contributed by atoms with Crippen molar-refractivity contribution in [3.63, 3.8) is 0 Å². The highest BCUT2D eigenvalue weighted by Crippen LogP contribution is 2.36. The molecule has 1 aromatic carbocycles. The van der Waals surface area contributed by atoms with Crippen molar-refractivity contribution in [1.82, 2.24) is 9.88 Å². The summed E-state index contributed by atoms with van der Waals surface area (Å²) in [6.07, 6.45) is 2.76. The average molecular weight is 410 g/mol. The Morgan fingerprint density at radius 3 is 2.79 bits per heavy atom. The van der Waals surface area contributed by atoms with Crippen molar-refractivity contribution in [2.24, 2.45) is 0 Å². The molecule has 2 heterocycles. The Morgan fingerprint density at radius 1 is 1.46 bits per heavy atom. The molecule has 8 nitrogen and oxygen atoms in total. The lowest BCUT2D eigenvalue weighted by Gasteiger charge is -2.33. The summed E-state index contributed by atoms with van der Waals surface area (Å²) in [4.78, 5) is 16.6. The topological polar surface area (TPSA) is 107 Å². The van der Waals surface area contributed by atoms with E-state index in [0.29, 0.717) is 17.9 Å². The molecule has 0 spiro atoms. The highest BCUT2D eigenvalue weighted by molar-refractivity contribution is 6.33. The molecule has 3 N–H and O–H groups in total. The number of nitrogens with zero attached hydrogens (tertiary/aromatic N) is 3. The number of likely N-dealkylation sites (tertiary alicyclic amines) is 1. The van der Waals surface area contributed by atoms with Gasteiger partial charge in [-0.3, -0.25) is 15.0 Å². The number of halogens is 2. The number of pyridine rings is 1. The van der Waals surface area contributed by atoms with Gasteiger partial charge in [-0.2, -0.15) is 0 Å². The molecule has 3 rings (SSSR count). The highest BCUT2D eigenvalue weighted by atomic mass is 35.5. The zero-order valence-corrected chi connectivity index (χ0v) is 16.1. The van der Waals surface area contributed by atoms with Crippen LogP contribution in [0.3, 0.4) is 0 Å². The highest BCUT2D eigenvalue weighted by Gasteiger charge is 2.27. The van der Waals surface area contributed by atoms with Gasteiger partial charge < -0.3 is 15.8 Å². The number of nitrogens with one attached hydrogen (secondary N) is 1. The largest absolute Gasteiger partial charge is 0.497 e. The molecule has 1 saturated heterocycles. The number of aromatic nitrogens is 1. The first-order chi connectivity index (χ1) is 13.4. The van der Waals surface area contributed by atoms with Gasteiger partial charge >= 0.3 is 5.69 Å². The predicted octanol–water partition coefficient (Wildman–Crippen LogP) is 3.45. The molecular weight excluding hydrogens is 389 g/mol. The van der Waals surface area contributed by atoms with E-state index in [4.69, 9.17) is 22.1 Å². The molecule has 0 radical (unpaired) electrons. The fourth-order valence-electron chi connectivity index (χ4n) is 3.28. The number of nitro groups is 1. The van der Waals surface area contributed by atoms with Crippen LogP contribution in [0.4, 0.5) is 21.6 Å². The molecule has 2 aromatic rings. The number of hydrogen-bond acceptors (Lipinski definition) is 7. The second kappa shape index (κ2) is 8.57. The molecule has 28 heavy (non-hydrogen) atoms. The number of nitrogen functional groups attached to an aromatic ring is 1. The summed E-state index contributed by atoms with van der Waals surface area (Å²) in [5, 5.41) is 14.6. The maximum atomic E-state index is 14.1. The van der Waals surface area contributed by atoms with E-state index in [9.17, 15) is 14.5 Å². The van der Waals surface area contributed by atoms with E-state index >= 15 is 0 Å². The Bertz CT molecular complexity index is 875. The molecule has 0 aliphatic carbocycles. The molecule has 0 unspecified atom stereocenters. The zero-order chi connectivity index (χ0) is 20.3. The van der Waals surface area contributed by atoms with Crippen LogP contribution in [0.2, 0.25) is 5.02 Å². The third kappa shape index (κ3) is 4.42. The predicted molar refractivity (Wildman–Crippen MR) is 105 cm³/mol. The molecule has 10 heteroatoms.